The van der Waals surface area contributed by atoms with Crippen LogP contribution in [0, 0.1) is 0 Å². The molecule has 6 aromatic rings. The van der Waals surface area contributed by atoms with Crippen LogP contribution in [0.2, 0.25) is 0 Å². The van der Waals surface area contributed by atoms with E-state index in [9.17, 15) is 0 Å². The SMILES string of the molecule is CC.CC1(C)c2ccccc2-c2ccc(Cc3ccc4ccccc4c3)cc21.CN(C)[N-]c1ccc2c(c1)C(C)(C)c1ccccc1-2.[K+]. The number of benzene rings is 6. The van der Waals surface area contributed by atoms with Gasteiger partial charge in [0, 0.05) is 10.8 Å². The fourth-order valence-corrected chi connectivity index (χ4v) is 7.43. The topological polar surface area (TPSA) is 17.3 Å². The van der Waals surface area contributed by atoms with Crippen molar-refractivity contribution in [3.63, 3.8) is 0 Å². The Morgan fingerprint density at radius 3 is 1.54 bits per heavy atom. The Morgan fingerprint density at radius 2 is 0.938 bits per heavy atom. The van der Waals surface area contributed by atoms with Crippen molar-refractivity contribution >= 4 is 16.5 Å². The maximum Gasteiger partial charge on any atom is 1.00 e. The summed E-state index contributed by atoms with van der Waals surface area (Å²) in [5, 5.41) is 4.47. The summed E-state index contributed by atoms with van der Waals surface area (Å²) in [5.74, 6) is 0. The Kier molecular flexibility index (Phi) is 11.2. The zero-order valence-corrected chi connectivity index (χ0v) is 33.3. The van der Waals surface area contributed by atoms with E-state index in [-0.39, 0.29) is 62.2 Å². The van der Waals surface area contributed by atoms with Crippen LogP contribution in [0.1, 0.15) is 74.9 Å². The van der Waals surface area contributed by atoms with E-state index in [4.69, 9.17) is 0 Å². The second kappa shape index (κ2) is 14.8. The van der Waals surface area contributed by atoms with Crippen molar-refractivity contribution in [1.29, 1.82) is 0 Å². The van der Waals surface area contributed by atoms with Gasteiger partial charge in [-0.2, -0.15) is 0 Å². The average Bonchev–Trinajstić information content (AvgIpc) is 3.45. The molecule has 3 heteroatoms. The molecule has 0 saturated carbocycles. The van der Waals surface area contributed by atoms with Crippen molar-refractivity contribution in [3.05, 3.63) is 166 Å². The standard InChI is InChI=1S/C26H22.C17H19N2.C2H6.K/c1-26(2)24-10-6-5-9-22(24)23-14-12-19(17-25(23)26)15-18-11-13-20-7-3-4-8-21(20)16-18;1-17(2)15-8-6-5-7-13(15)14-10-9-12(11-16(14)17)18-19(3)4;1-2;/h3-14,16-17H,15H2,1-2H3;5-11H,1-4H3;1-2H3;/q;-1;;+1. The van der Waals surface area contributed by atoms with E-state index in [0.29, 0.717) is 0 Å². The van der Waals surface area contributed by atoms with Crippen LogP contribution in [0.25, 0.3) is 38.5 Å². The molecule has 0 fully saturated rings. The molecule has 0 heterocycles. The minimum absolute atomic E-state index is 0. The molecule has 0 bridgehead atoms. The first-order valence-corrected chi connectivity index (χ1v) is 17.0. The predicted molar refractivity (Wildman–Crippen MR) is 203 cm³/mol. The molecule has 0 spiro atoms. The number of rotatable bonds is 4. The second-order valence-corrected chi connectivity index (χ2v) is 13.8. The molecule has 2 nitrogen and oxygen atoms in total. The van der Waals surface area contributed by atoms with Crippen molar-refractivity contribution in [3.8, 4) is 22.3 Å². The van der Waals surface area contributed by atoms with Crippen molar-refractivity contribution in [1.82, 2.24) is 5.01 Å². The van der Waals surface area contributed by atoms with E-state index in [1.165, 1.54) is 66.4 Å². The fraction of sp³-hybridized carbons (Fsp3) is 0.244. The van der Waals surface area contributed by atoms with Crippen molar-refractivity contribution in [2.24, 2.45) is 0 Å². The van der Waals surface area contributed by atoms with E-state index >= 15 is 0 Å². The summed E-state index contributed by atoms with van der Waals surface area (Å²) in [7, 11) is 3.90. The smallest absolute Gasteiger partial charge is 0.620 e. The monoisotopic (exact) mass is 654 g/mol. The molecule has 0 unspecified atom stereocenters. The molecular formula is C45H47KN2. The van der Waals surface area contributed by atoms with Gasteiger partial charge in [-0.1, -0.05) is 169 Å². The fourth-order valence-electron chi connectivity index (χ4n) is 7.43. The number of fused-ring (bicyclic) bond motifs is 7. The van der Waals surface area contributed by atoms with Crippen LogP contribution in [0.5, 0.6) is 0 Å². The molecule has 0 aliphatic heterocycles. The maximum absolute atomic E-state index is 4.50. The number of hydrogen-bond acceptors (Lipinski definition) is 1. The molecule has 0 aromatic heterocycles. The van der Waals surface area contributed by atoms with Crippen LogP contribution >= 0.6 is 0 Å². The number of hydrogen-bond donors (Lipinski definition) is 0. The third-order valence-electron chi connectivity index (χ3n) is 9.75. The summed E-state index contributed by atoms with van der Waals surface area (Å²) < 4.78 is 0. The molecule has 0 N–H and O–H groups in total. The van der Waals surface area contributed by atoms with E-state index in [0.717, 1.165) is 12.1 Å². The Hall–Kier alpha value is -3.02. The van der Waals surface area contributed by atoms with E-state index in [2.05, 4.69) is 161 Å². The third-order valence-corrected chi connectivity index (χ3v) is 9.75. The molecule has 0 saturated heterocycles. The zero-order valence-electron chi connectivity index (χ0n) is 30.2. The van der Waals surface area contributed by atoms with Gasteiger partial charge in [0.05, 0.1) is 0 Å². The zero-order chi connectivity index (χ0) is 33.3. The van der Waals surface area contributed by atoms with Gasteiger partial charge < -0.3 is 10.4 Å². The summed E-state index contributed by atoms with van der Waals surface area (Å²) in [5.41, 5.74) is 19.6. The van der Waals surface area contributed by atoms with Gasteiger partial charge in [-0.25, -0.2) is 0 Å². The molecule has 6 aromatic carbocycles. The normalized spacial score (nSPS) is 13.9. The van der Waals surface area contributed by atoms with Gasteiger partial charge >= 0.3 is 51.4 Å². The summed E-state index contributed by atoms with van der Waals surface area (Å²) in [6.07, 6.45) is 0.977. The summed E-state index contributed by atoms with van der Waals surface area (Å²) in [6, 6.07) is 46.5. The number of nitrogens with zero attached hydrogens (tertiary/aromatic N) is 2. The van der Waals surface area contributed by atoms with Crippen LogP contribution in [0.15, 0.2) is 127 Å². The van der Waals surface area contributed by atoms with Gasteiger partial charge in [0.1, 0.15) is 0 Å². The van der Waals surface area contributed by atoms with E-state index in [1.807, 2.05) is 33.0 Å². The Morgan fingerprint density at radius 1 is 0.479 bits per heavy atom. The molecule has 238 valence electrons. The molecule has 48 heavy (non-hydrogen) atoms. The van der Waals surface area contributed by atoms with Crippen molar-refractivity contribution in [2.75, 3.05) is 14.1 Å². The van der Waals surface area contributed by atoms with Crippen LogP contribution in [0.4, 0.5) is 5.69 Å². The van der Waals surface area contributed by atoms with Gasteiger partial charge in [0.25, 0.3) is 0 Å². The predicted octanol–water partition coefficient (Wildman–Crippen LogP) is 9.24. The van der Waals surface area contributed by atoms with Gasteiger partial charge in [-0.05, 0) is 86.9 Å². The first-order chi connectivity index (χ1) is 22.6. The second-order valence-electron chi connectivity index (χ2n) is 13.8. The molecule has 8 rings (SSSR count). The summed E-state index contributed by atoms with van der Waals surface area (Å²) in [6.45, 7) is 13.3. The summed E-state index contributed by atoms with van der Waals surface area (Å²) in [4.78, 5) is 0. The van der Waals surface area contributed by atoms with Crippen LogP contribution in [0.3, 0.4) is 0 Å². The van der Waals surface area contributed by atoms with Crippen molar-refractivity contribution < 1.29 is 51.4 Å². The quantitative estimate of drug-likeness (QED) is 0.137. The third kappa shape index (κ3) is 6.87. The van der Waals surface area contributed by atoms with E-state index < -0.39 is 0 Å². The minimum Gasteiger partial charge on any atom is -0.620 e. The minimum atomic E-state index is 0. The first kappa shape index (κ1) is 36.3. The maximum atomic E-state index is 4.50. The van der Waals surface area contributed by atoms with Crippen LogP contribution < -0.4 is 51.4 Å². The van der Waals surface area contributed by atoms with Crippen LogP contribution in [-0.4, -0.2) is 19.1 Å². The Bertz CT molecular complexity index is 2050. The van der Waals surface area contributed by atoms with E-state index in [1.54, 1.807) is 0 Å². The van der Waals surface area contributed by atoms with Gasteiger partial charge in [-0.15, -0.1) is 5.69 Å². The molecule has 0 radical (unpaired) electrons. The largest absolute Gasteiger partial charge is 1.00 e. The van der Waals surface area contributed by atoms with Crippen molar-refractivity contribution in [2.45, 2.75) is 58.8 Å². The average molecular weight is 655 g/mol. The Balaban J connectivity index is 0.000000183. The van der Waals surface area contributed by atoms with Crippen LogP contribution in [-0.2, 0) is 17.3 Å². The Labute approximate surface area is 331 Å². The summed E-state index contributed by atoms with van der Waals surface area (Å²) >= 11 is 0. The first-order valence-electron chi connectivity index (χ1n) is 17.0. The van der Waals surface area contributed by atoms with Gasteiger partial charge in [0.2, 0.25) is 0 Å². The molecule has 0 amide bonds. The molecule has 2 aliphatic rings. The van der Waals surface area contributed by atoms with Gasteiger partial charge in [-0.3, -0.25) is 0 Å². The van der Waals surface area contributed by atoms with Gasteiger partial charge in [0.15, 0.2) is 0 Å². The molecule has 0 atom stereocenters. The molecular weight excluding hydrogens is 608 g/mol. The molecule has 2 aliphatic carbocycles.